The smallest absolute Gasteiger partial charge is 0.0702 e. The van der Waals surface area contributed by atoms with Crippen LogP contribution < -0.4 is 5.32 Å². The van der Waals surface area contributed by atoms with Crippen LogP contribution in [0.2, 0.25) is 0 Å². The summed E-state index contributed by atoms with van der Waals surface area (Å²) < 4.78 is 0. The van der Waals surface area contributed by atoms with Gasteiger partial charge in [0, 0.05) is 23.7 Å². The summed E-state index contributed by atoms with van der Waals surface area (Å²) in [6, 6.07) is 10.6. The van der Waals surface area contributed by atoms with Crippen molar-refractivity contribution in [2.24, 2.45) is 0 Å². The number of rotatable bonds is 5. The minimum absolute atomic E-state index is 0.207. The lowest BCUT2D eigenvalue weighted by Crippen LogP contribution is -2.38. The Morgan fingerprint density at radius 2 is 2.06 bits per heavy atom. The summed E-state index contributed by atoms with van der Waals surface area (Å²) in [6.45, 7) is 7.67. The minimum atomic E-state index is 0.207. The molecule has 1 aromatic carbocycles. The Morgan fingerprint density at radius 1 is 1.22 bits per heavy atom. The number of pyridine rings is 1. The van der Waals surface area contributed by atoms with Crippen LogP contribution in [-0.4, -0.2) is 10.5 Å². The van der Waals surface area contributed by atoms with Gasteiger partial charge in [-0.3, -0.25) is 4.98 Å². The molecule has 0 bridgehead atoms. The number of nitrogens with zero attached hydrogens (tertiary/aromatic N) is 1. The van der Waals surface area contributed by atoms with Crippen LogP contribution in [0.3, 0.4) is 0 Å². The Labute approximate surface area is 109 Å². The topological polar surface area (TPSA) is 24.9 Å². The van der Waals surface area contributed by atoms with Gasteiger partial charge in [-0.05, 0) is 44.0 Å². The van der Waals surface area contributed by atoms with Gasteiger partial charge < -0.3 is 5.32 Å². The van der Waals surface area contributed by atoms with Gasteiger partial charge in [-0.15, -0.1) is 0 Å². The van der Waals surface area contributed by atoms with Crippen LogP contribution in [0.15, 0.2) is 36.5 Å². The van der Waals surface area contributed by atoms with Crippen LogP contribution in [-0.2, 0) is 6.54 Å². The second-order valence-electron chi connectivity index (χ2n) is 5.52. The lowest BCUT2D eigenvalue weighted by atomic mass is 9.98. The number of benzene rings is 1. The highest BCUT2D eigenvalue weighted by Gasteiger charge is 2.14. The van der Waals surface area contributed by atoms with Gasteiger partial charge in [-0.2, -0.15) is 0 Å². The molecule has 0 saturated heterocycles. The average Bonchev–Trinajstić information content (AvgIpc) is 2.36. The predicted molar refractivity (Wildman–Crippen MR) is 77.6 cm³/mol. The first-order chi connectivity index (χ1) is 8.61. The van der Waals surface area contributed by atoms with Crippen molar-refractivity contribution in [3.63, 3.8) is 0 Å². The van der Waals surface area contributed by atoms with E-state index < -0.39 is 0 Å². The van der Waals surface area contributed by atoms with E-state index in [0.29, 0.717) is 0 Å². The maximum atomic E-state index is 4.34. The Hall–Kier alpha value is -1.41. The largest absolute Gasteiger partial charge is 0.308 e. The van der Waals surface area contributed by atoms with Gasteiger partial charge in [-0.1, -0.05) is 25.5 Å². The van der Waals surface area contributed by atoms with E-state index >= 15 is 0 Å². The zero-order valence-electron chi connectivity index (χ0n) is 11.5. The fourth-order valence-electron chi connectivity index (χ4n) is 2.29. The van der Waals surface area contributed by atoms with Crippen molar-refractivity contribution < 1.29 is 0 Å². The molecule has 0 radical (unpaired) electrons. The third kappa shape index (κ3) is 3.30. The Bertz CT molecular complexity index is 517. The maximum Gasteiger partial charge on any atom is 0.0702 e. The van der Waals surface area contributed by atoms with Gasteiger partial charge in [0.2, 0.25) is 0 Å². The van der Waals surface area contributed by atoms with Gasteiger partial charge in [0.15, 0.2) is 0 Å². The molecule has 0 spiro atoms. The molecule has 0 unspecified atom stereocenters. The molecule has 0 fully saturated rings. The first kappa shape index (κ1) is 13.0. The van der Waals surface area contributed by atoms with Crippen molar-refractivity contribution in [2.45, 2.75) is 45.7 Å². The van der Waals surface area contributed by atoms with Crippen LogP contribution in [0.5, 0.6) is 0 Å². The van der Waals surface area contributed by atoms with Crippen LogP contribution in [0.1, 0.15) is 39.2 Å². The third-order valence-electron chi connectivity index (χ3n) is 3.31. The van der Waals surface area contributed by atoms with Gasteiger partial charge in [-0.25, -0.2) is 0 Å². The van der Waals surface area contributed by atoms with E-state index in [0.717, 1.165) is 12.1 Å². The van der Waals surface area contributed by atoms with Crippen LogP contribution in [0.4, 0.5) is 0 Å². The lowest BCUT2D eigenvalue weighted by molar-refractivity contribution is 0.357. The SMILES string of the molecule is CCCC(C)(C)NCc1ccc2ncccc2c1. The number of aromatic nitrogens is 1. The van der Waals surface area contributed by atoms with E-state index in [9.17, 15) is 0 Å². The molecule has 0 aliphatic rings. The molecule has 1 N–H and O–H groups in total. The highest BCUT2D eigenvalue weighted by Crippen LogP contribution is 2.15. The molecule has 0 aliphatic heterocycles. The van der Waals surface area contributed by atoms with Crippen LogP contribution in [0, 0.1) is 0 Å². The molecule has 1 heterocycles. The second-order valence-corrected chi connectivity index (χ2v) is 5.52. The molecule has 96 valence electrons. The van der Waals surface area contributed by atoms with Crippen molar-refractivity contribution >= 4 is 10.9 Å². The lowest BCUT2D eigenvalue weighted by Gasteiger charge is -2.26. The molecule has 2 nitrogen and oxygen atoms in total. The third-order valence-corrected chi connectivity index (χ3v) is 3.31. The summed E-state index contributed by atoms with van der Waals surface area (Å²) in [5.74, 6) is 0. The van der Waals surface area contributed by atoms with Crippen molar-refractivity contribution in [2.75, 3.05) is 0 Å². The normalized spacial score (nSPS) is 11.9. The zero-order chi connectivity index (χ0) is 13.0. The molecular weight excluding hydrogens is 220 g/mol. The predicted octanol–water partition coefficient (Wildman–Crippen LogP) is 3.90. The molecule has 0 amide bonds. The first-order valence-electron chi connectivity index (χ1n) is 6.69. The molecule has 18 heavy (non-hydrogen) atoms. The second kappa shape index (κ2) is 5.49. The van der Waals surface area contributed by atoms with Crippen molar-refractivity contribution in [3.05, 3.63) is 42.1 Å². The summed E-state index contributed by atoms with van der Waals surface area (Å²) in [6.07, 6.45) is 4.24. The molecule has 2 aromatic rings. The molecule has 0 saturated carbocycles. The van der Waals surface area contributed by atoms with Crippen molar-refractivity contribution in [1.29, 1.82) is 0 Å². The van der Waals surface area contributed by atoms with E-state index in [-0.39, 0.29) is 5.54 Å². The summed E-state index contributed by atoms with van der Waals surface area (Å²) in [5, 5.41) is 4.83. The van der Waals surface area contributed by atoms with E-state index in [1.807, 2.05) is 12.3 Å². The molecule has 0 atom stereocenters. The fourth-order valence-corrected chi connectivity index (χ4v) is 2.29. The van der Waals surface area contributed by atoms with Crippen LogP contribution >= 0.6 is 0 Å². The van der Waals surface area contributed by atoms with Crippen molar-refractivity contribution in [3.8, 4) is 0 Å². The Morgan fingerprint density at radius 3 is 2.83 bits per heavy atom. The average molecular weight is 242 g/mol. The van der Waals surface area contributed by atoms with E-state index in [2.05, 4.69) is 55.3 Å². The summed E-state index contributed by atoms with van der Waals surface area (Å²) >= 11 is 0. The molecule has 2 rings (SSSR count). The summed E-state index contributed by atoms with van der Waals surface area (Å²) in [4.78, 5) is 4.34. The summed E-state index contributed by atoms with van der Waals surface area (Å²) in [7, 11) is 0. The standard InChI is InChI=1S/C16H22N2/c1-4-9-16(2,3)18-12-13-7-8-15-14(11-13)6-5-10-17-15/h5-8,10-11,18H,4,9,12H2,1-3H3. The highest BCUT2D eigenvalue weighted by molar-refractivity contribution is 5.78. The number of nitrogens with one attached hydrogen (secondary N) is 1. The van der Waals surface area contributed by atoms with E-state index in [1.165, 1.54) is 23.8 Å². The highest BCUT2D eigenvalue weighted by atomic mass is 14.9. The number of hydrogen-bond donors (Lipinski definition) is 1. The first-order valence-corrected chi connectivity index (χ1v) is 6.69. The molecular formula is C16H22N2. The zero-order valence-corrected chi connectivity index (χ0v) is 11.5. The molecule has 1 aromatic heterocycles. The van der Waals surface area contributed by atoms with Gasteiger partial charge >= 0.3 is 0 Å². The summed E-state index contributed by atoms with van der Waals surface area (Å²) in [5.41, 5.74) is 2.59. The van der Waals surface area contributed by atoms with E-state index in [1.54, 1.807) is 0 Å². The monoisotopic (exact) mass is 242 g/mol. The van der Waals surface area contributed by atoms with Gasteiger partial charge in [0.05, 0.1) is 5.52 Å². The number of fused-ring (bicyclic) bond motifs is 1. The molecule has 0 aliphatic carbocycles. The van der Waals surface area contributed by atoms with E-state index in [4.69, 9.17) is 0 Å². The van der Waals surface area contributed by atoms with Gasteiger partial charge in [0.25, 0.3) is 0 Å². The fraction of sp³-hybridized carbons (Fsp3) is 0.438. The Balaban J connectivity index is 2.08. The van der Waals surface area contributed by atoms with Crippen molar-refractivity contribution in [1.82, 2.24) is 10.3 Å². The molecule has 2 heteroatoms. The minimum Gasteiger partial charge on any atom is -0.308 e. The number of hydrogen-bond acceptors (Lipinski definition) is 2. The maximum absolute atomic E-state index is 4.34. The van der Waals surface area contributed by atoms with Crippen LogP contribution in [0.25, 0.3) is 10.9 Å². The quantitative estimate of drug-likeness (QED) is 0.860. The Kier molecular flexibility index (Phi) is 3.97. The van der Waals surface area contributed by atoms with Gasteiger partial charge in [0.1, 0.15) is 0 Å².